The standard InChI is InChI=1S/C11H8Cl2O3/c1-6(14)8(11(15)16)5-7-3-2-4-9(12)10(7)13/h2-5H,1H3,(H,15,16)/b8-5-. The molecule has 0 aliphatic heterocycles. The number of Topliss-reactive ketones (excluding diaryl/α,β-unsaturated/α-hetero) is 1. The van der Waals surface area contributed by atoms with Crippen LogP contribution in [0.1, 0.15) is 12.5 Å². The van der Waals surface area contributed by atoms with Gasteiger partial charge in [0.15, 0.2) is 5.78 Å². The van der Waals surface area contributed by atoms with E-state index in [0.717, 1.165) is 0 Å². The lowest BCUT2D eigenvalue weighted by Gasteiger charge is -2.02. The summed E-state index contributed by atoms with van der Waals surface area (Å²) in [6.07, 6.45) is 1.21. The van der Waals surface area contributed by atoms with Gasteiger partial charge in [0.25, 0.3) is 0 Å². The van der Waals surface area contributed by atoms with E-state index in [-0.39, 0.29) is 10.6 Å². The number of carbonyl (C=O) groups is 2. The van der Waals surface area contributed by atoms with Crippen molar-refractivity contribution in [3.63, 3.8) is 0 Å². The third-order valence-corrected chi connectivity index (χ3v) is 2.72. The van der Waals surface area contributed by atoms with Gasteiger partial charge in [0.05, 0.1) is 10.0 Å². The number of ketones is 1. The molecule has 84 valence electrons. The fourth-order valence-electron chi connectivity index (χ4n) is 1.10. The predicted octanol–water partition coefficient (Wildman–Crippen LogP) is 3.05. The van der Waals surface area contributed by atoms with Crippen LogP contribution in [0.4, 0.5) is 0 Å². The summed E-state index contributed by atoms with van der Waals surface area (Å²) in [6.45, 7) is 1.18. The Morgan fingerprint density at radius 1 is 1.31 bits per heavy atom. The first-order valence-corrected chi connectivity index (χ1v) is 5.09. The Hall–Kier alpha value is -1.32. The summed E-state index contributed by atoms with van der Waals surface area (Å²) in [7, 11) is 0. The van der Waals surface area contributed by atoms with Gasteiger partial charge in [-0.15, -0.1) is 0 Å². The summed E-state index contributed by atoms with van der Waals surface area (Å²) >= 11 is 11.6. The number of halogens is 2. The van der Waals surface area contributed by atoms with Crippen LogP contribution < -0.4 is 0 Å². The van der Waals surface area contributed by atoms with E-state index in [1.807, 2.05) is 0 Å². The van der Waals surface area contributed by atoms with E-state index in [1.54, 1.807) is 18.2 Å². The van der Waals surface area contributed by atoms with Gasteiger partial charge in [0.2, 0.25) is 0 Å². The van der Waals surface area contributed by atoms with Gasteiger partial charge in [-0.3, -0.25) is 4.79 Å². The van der Waals surface area contributed by atoms with Crippen molar-refractivity contribution in [3.8, 4) is 0 Å². The molecule has 1 N–H and O–H groups in total. The van der Waals surface area contributed by atoms with Crippen LogP contribution in [0.3, 0.4) is 0 Å². The maximum absolute atomic E-state index is 11.1. The monoisotopic (exact) mass is 258 g/mol. The van der Waals surface area contributed by atoms with Gasteiger partial charge >= 0.3 is 5.97 Å². The van der Waals surface area contributed by atoms with Crippen LogP contribution >= 0.6 is 23.2 Å². The Balaban J connectivity index is 3.29. The van der Waals surface area contributed by atoms with Gasteiger partial charge in [-0.25, -0.2) is 4.79 Å². The zero-order valence-electron chi connectivity index (χ0n) is 8.33. The van der Waals surface area contributed by atoms with E-state index >= 15 is 0 Å². The number of benzene rings is 1. The minimum absolute atomic E-state index is 0.226. The largest absolute Gasteiger partial charge is 0.478 e. The predicted molar refractivity (Wildman–Crippen MR) is 62.8 cm³/mol. The van der Waals surface area contributed by atoms with E-state index in [2.05, 4.69) is 0 Å². The molecule has 0 bridgehead atoms. The summed E-state index contributed by atoms with van der Waals surface area (Å²) in [6, 6.07) is 4.79. The minimum Gasteiger partial charge on any atom is -0.478 e. The molecule has 0 radical (unpaired) electrons. The third-order valence-electron chi connectivity index (χ3n) is 1.89. The van der Waals surface area contributed by atoms with Gasteiger partial charge in [0.1, 0.15) is 5.57 Å². The molecule has 0 aliphatic rings. The highest BCUT2D eigenvalue weighted by Gasteiger charge is 2.13. The molecule has 3 nitrogen and oxygen atoms in total. The first-order valence-electron chi connectivity index (χ1n) is 4.33. The van der Waals surface area contributed by atoms with Crippen molar-refractivity contribution >= 4 is 41.0 Å². The van der Waals surface area contributed by atoms with Crippen LogP contribution in [0.5, 0.6) is 0 Å². The van der Waals surface area contributed by atoms with E-state index < -0.39 is 11.8 Å². The van der Waals surface area contributed by atoms with Crippen LogP contribution in [0.25, 0.3) is 6.08 Å². The van der Waals surface area contributed by atoms with Crippen LogP contribution in [0.2, 0.25) is 10.0 Å². The second-order valence-electron chi connectivity index (χ2n) is 3.06. The fourth-order valence-corrected chi connectivity index (χ4v) is 1.46. The number of carboxylic acid groups (broad SMARTS) is 1. The third kappa shape index (κ3) is 2.84. The molecule has 1 aromatic carbocycles. The molecule has 0 atom stereocenters. The van der Waals surface area contributed by atoms with Crippen LogP contribution in [0, 0.1) is 0 Å². The van der Waals surface area contributed by atoms with E-state index in [9.17, 15) is 9.59 Å². The molecule has 0 spiro atoms. The Labute approximate surface area is 102 Å². The van der Waals surface area contributed by atoms with Crippen molar-refractivity contribution in [2.24, 2.45) is 0 Å². The first kappa shape index (κ1) is 12.7. The zero-order valence-corrected chi connectivity index (χ0v) is 9.84. The second kappa shape index (κ2) is 5.14. The van der Waals surface area contributed by atoms with Crippen molar-refractivity contribution in [1.29, 1.82) is 0 Å². The molecule has 0 saturated carbocycles. The van der Waals surface area contributed by atoms with Crippen LogP contribution in [-0.2, 0) is 9.59 Å². The zero-order chi connectivity index (χ0) is 12.3. The average Bonchev–Trinajstić information content (AvgIpc) is 2.19. The first-order chi connectivity index (χ1) is 7.43. The lowest BCUT2D eigenvalue weighted by Crippen LogP contribution is -2.08. The van der Waals surface area contributed by atoms with Gasteiger partial charge in [-0.2, -0.15) is 0 Å². The molecule has 1 rings (SSSR count). The van der Waals surface area contributed by atoms with Crippen LogP contribution in [-0.4, -0.2) is 16.9 Å². The molecular formula is C11H8Cl2O3. The van der Waals surface area contributed by atoms with E-state index in [1.165, 1.54) is 13.0 Å². The van der Waals surface area contributed by atoms with Crippen molar-refractivity contribution in [2.45, 2.75) is 6.92 Å². The smallest absolute Gasteiger partial charge is 0.339 e. The molecule has 0 unspecified atom stereocenters. The highest BCUT2D eigenvalue weighted by atomic mass is 35.5. The normalized spacial score (nSPS) is 11.3. The number of rotatable bonds is 3. The molecule has 0 saturated heterocycles. The van der Waals surface area contributed by atoms with Gasteiger partial charge < -0.3 is 5.11 Å². The van der Waals surface area contributed by atoms with Gasteiger partial charge in [-0.05, 0) is 24.6 Å². The van der Waals surface area contributed by atoms with Crippen molar-refractivity contribution in [1.82, 2.24) is 0 Å². The number of aliphatic carboxylic acids is 1. The molecule has 0 heterocycles. The number of carboxylic acids is 1. The minimum atomic E-state index is -1.29. The molecule has 0 aliphatic carbocycles. The van der Waals surface area contributed by atoms with Crippen LogP contribution in [0.15, 0.2) is 23.8 Å². The lowest BCUT2D eigenvalue weighted by atomic mass is 10.1. The summed E-state index contributed by atoms with van der Waals surface area (Å²) in [5.41, 5.74) is 0.0749. The molecule has 0 fully saturated rings. The summed E-state index contributed by atoms with van der Waals surface area (Å²) in [5.74, 6) is -1.83. The Morgan fingerprint density at radius 3 is 2.44 bits per heavy atom. The molecule has 1 aromatic rings. The summed E-state index contributed by atoms with van der Waals surface area (Å²) < 4.78 is 0. The second-order valence-corrected chi connectivity index (χ2v) is 3.85. The van der Waals surface area contributed by atoms with Gasteiger partial charge in [0, 0.05) is 0 Å². The van der Waals surface area contributed by atoms with E-state index in [4.69, 9.17) is 28.3 Å². The highest BCUT2D eigenvalue weighted by molar-refractivity contribution is 6.43. The van der Waals surface area contributed by atoms with E-state index in [0.29, 0.717) is 10.6 Å². The fraction of sp³-hybridized carbons (Fsp3) is 0.0909. The van der Waals surface area contributed by atoms with Gasteiger partial charge in [-0.1, -0.05) is 35.3 Å². The molecular weight excluding hydrogens is 251 g/mol. The Kier molecular flexibility index (Phi) is 4.10. The molecule has 5 heteroatoms. The molecule has 0 aromatic heterocycles. The number of carbonyl (C=O) groups excluding carboxylic acids is 1. The molecule has 16 heavy (non-hydrogen) atoms. The summed E-state index contributed by atoms with van der Waals surface area (Å²) in [5, 5.41) is 9.34. The average molecular weight is 259 g/mol. The van der Waals surface area contributed by atoms with Crippen molar-refractivity contribution < 1.29 is 14.7 Å². The number of hydrogen-bond donors (Lipinski definition) is 1. The van der Waals surface area contributed by atoms with Crippen molar-refractivity contribution in [2.75, 3.05) is 0 Å². The highest BCUT2D eigenvalue weighted by Crippen LogP contribution is 2.27. The number of hydrogen-bond acceptors (Lipinski definition) is 2. The Morgan fingerprint density at radius 2 is 1.94 bits per heavy atom. The lowest BCUT2D eigenvalue weighted by molar-refractivity contribution is -0.134. The quantitative estimate of drug-likeness (QED) is 0.515. The topological polar surface area (TPSA) is 54.4 Å². The Bertz CT molecular complexity index is 462. The maximum atomic E-state index is 11.1. The molecule has 0 amide bonds. The maximum Gasteiger partial charge on any atom is 0.339 e. The van der Waals surface area contributed by atoms with Crippen molar-refractivity contribution in [3.05, 3.63) is 39.4 Å². The summed E-state index contributed by atoms with van der Waals surface area (Å²) in [4.78, 5) is 21.8. The SMILES string of the molecule is CC(=O)/C(=C/c1cccc(Cl)c1Cl)C(=O)O.